The zero-order valence-electron chi connectivity index (χ0n) is 9.79. The van der Waals surface area contributed by atoms with E-state index < -0.39 is 5.97 Å². The predicted octanol–water partition coefficient (Wildman–Crippen LogP) is 3.15. The van der Waals surface area contributed by atoms with Gasteiger partial charge in [-0.25, -0.2) is 9.78 Å². The molecule has 3 aromatic rings. The number of carbonyl (C=O) groups is 1. The lowest BCUT2D eigenvalue weighted by molar-refractivity contribution is 0.0664. The number of aromatic carboxylic acids is 1. The van der Waals surface area contributed by atoms with Crippen molar-refractivity contribution in [3.63, 3.8) is 0 Å². The number of rotatable bonds is 4. The van der Waals surface area contributed by atoms with Crippen LogP contribution in [0.15, 0.2) is 46.2 Å². The first kappa shape index (κ1) is 11.9. The number of para-hydroxylation sites is 1. The Balaban J connectivity index is 2.00. The summed E-state index contributed by atoms with van der Waals surface area (Å²) in [5, 5.41) is 10.8. The third kappa shape index (κ3) is 2.22. The smallest absolute Gasteiger partial charge is 0.372 e. The minimum absolute atomic E-state index is 0.000237. The summed E-state index contributed by atoms with van der Waals surface area (Å²) >= 11 is 1.44. The van der Waals surface area contributed by atoms with Crippen LogP contribution < -0.4 is 0 Å². The standard InChI is InChI=1S/C13H10N2O3S/c16-12(17)11-9(7-19-13-14-5-6-15-13)8-3-1-2-4-10(8)18-11/h1-6H,7H2,(H,14,15)(H,16,17). The van der Waals surface area contributed by atoms with E-state index in [4.69, 9.17) is 4.42 Å². The van der Waals surface area contributed by atoms with Gasteiger partial charge in [0.25, 0.3) is 0 Å². The molecule has 0 aliphatic carbocycles. The number of nitrogens with zero attached hydrogens (tertiary/aromatic N) is 1. The summed E-state index contributed by atoms with van der Waals surface area (Å²) in [7, 11) is 0. The van der Waals surface area contributed by atoms with Crippen molar-refractivity contribution < 1.29 is 14.3 Å². The Bertz CT molecular complexity index is 719. The van der Waals surface area contributed by atoms with Crippen molar-refractivity contribution in [2.45, 2.75) is 10.9 Å². The highest BCUT2D eigenvalue weighted by Gasteiger charge is 2.19. The number of hydrogen-bond acceptors (Lipinski definition) is 4. The van der Waals surface area contributed by atoms with Crippen LogP contribution in [0.25, 0.3) is 11.0 Å². The average molecular weight is 274 g/mol. The van der Waals surface area contributed by atoms with Crippen LogP contribution in [0, 0.1) is 0 Å². The number of aromatic amines is 1. The second-order valence-electron chi connectivity index (χ2n) is 3.89. The van der Waals surface area contributed by atoms with Crippen LogP contribution in [0.3, 0.4) is 0 Å². The normalized spacial score (nSPS) is 10.9. The molecule has 0 aliphatic heterocycles. The molecule has 0 aliphatic rings. The van der Waals surface area contributed by atoms with Gasteiger partial charge in [0.2, 0.25) is 5.76 Å². The van der Waals surface area contributed by atoms with Crippen LogP contribution in [0.5, 0.6) is 0 Å². The van der Waals surface area contributed by atoms with Crippen LogP contribution in [-0.4, -0.2) is 21.0 Å². The van der Waals surface area contributed by atoms with Crippen molar-refractivity contribution in [2.24, 2.45) is 0 Å². The molecule has 2 N–H and O–H groups in total. The van der Waals surface area contributed by atoms with Crippen LogP contribution in [0.2, 0.25) is 0 Å². The first-order valence-corrected chi connectivity index (χ1v) is 6.60. The van der Waals surface area contributed by atoms with Crippen molar-refractivity contribution >= 4 is 28.7 Å². The molecule has 0 saturated heterocycles. The monoisotopic (exact) mass is 274 g/mol. The van der Waals surface area contributed by atoms with E-state index in [1.807, 2.05) is 18.2 Å². The fourth-order valence-corrected chi connectivity index (χ4v) is 2.74. The zero-order valence-corrected chi connectivity index (χ0v) is 10.6. The number of H-pyrrole nitrogens is 1. The Labute approximate surface area is 112 Å². The first-order chi connectivity index (χ1) is 9.25. The van der Waals surface area contributed by atoms with E-state index in [1.165, 1.54) is 11.8 Å². The average Bonchev–Trinajstić information content (AvgIpc) is 3.03. The minimum atomic E-state index is -1.05. The number of nitrogens with one attached hydrogen (secondary N) is 1. The molecular weight excluding hydrogens is 264 g/mol. The van der Waals surface area contributed by atoms with Gasteiger partial charge in [-0.15, -0.1) is 0 Å². The highest BCUT2D eigenvalue weighted by atomic mass is 32.2. The molecule has 3 rings (SSSR count). The number of furan rings is 1. The molecule has 19 heavy (non-hydrogen) atoms. The van der Waals surface area contributed by atoms with Gasteiger partial charge in [0.1, 0.15) is 5.58 Å². The Kier molecular flexibility index (Phi) is 3.00. The highest BCUT2D eigenvalue weighted by Crippen LogP contribution is 2.30. The molecule has 0 fully saturated rings. The Hall–Kier alpha value is -2.21. The fraction of sp³-hybridized carbons (Fsp3) is 0.0769. The number of imidazole rings is 1. The maximum atomic E-state index is 11.2. The van der Waals surface area contributed by atoms with Crippen LogP contribution in [-0.2, 0) is 5.75 Å². The third-order valence-corrected chi connectivity index (χ3v) is 3.65. The maximum Gasteiger partial charge on any atom is 0.372 e. The lowest BCUT2D eigenvalue weighted by Gasteiger charge is -1.98. The number of carboxylic acids is 1. The van der Waals surface area contributed by atoms with E-state index in [9.17, 15) is 9.90 Å². The van der Waals surface area contributed by atoms with E-state index in [0.717, 1.165) is 10.5 Å². The van der Waals surface area contributed by atoms with Crippen molar-refractivity contribution in [3.05, 3.63) is 48.0 Å². The third-order valence-electron chi connectivity index (χ3n) is 2.72. The Morgan fingerprint density at radius 3 is 3.00 bits per heavy atom. The second-order valence-corrected chi connectivity index (χ2v) is 4.86. The number of carboxylic acid groups (broad SMARTS) is 1. The van der Waals surface area contributed by atoms with Crippen LogP contribution in [0.4, 0.5) is 0 Å². The lowest BCUT2D eigenvalue weighted by atomic mass is 10.1. The van der Waals surface area contributed by atoms with E-state index >= 15 is 0 Å². The lowest BCUT2D eigenvalue weighted by Crippen LogP contribution is -1.98. The summed E-state index contributed by atoms with van der Waals surface area (Å²) in [6.07, 6.45) is 3.39. The molecule has 5 nitrogen and oxygen atoms in total. The van der Waals surface area contributed by atoms with Gasteiger partial charge in [0.05, 0.1) is 0 Å². The summed E-state index contributed by atoms with van der Waals surface area (Å²) in [6, 6.07) is 7.32. The summed E-state index contributed by atoms with van der Waals surface area (Å²) < 4.78 is 5.39. The summed E-state index contributed by atoms with van der Waals surface area (Å²) in [5.74, 6) is -0.557. The van der Waals surface area contributed by atoms with Crippen LogP contribution >= 0.6 is 11.8 Å². The van der Waals surface area contributed by atoms with Gasteiger partial charge in [0.15, 0.2) is 5.16 Å². The Morgan fingerprint density at radius 2 is 2.26 bits per heavy atom. The molecule has 0 saturated carbocycles. The van der Waals surface area contributed by atoms with Gasteiger partial charge in [-0.05, 0) is 6.07 Å². The second kappa shape index (κ2) is 4.81. The van der Waals surface area contributed by atoms with Crippen molar-refractivity contribution in [2.75, 3.05) is 0 Å². The van der Waals surface area contributed by atoms with Gasteiger partial charge < -0.3 is 14.5 Å². The minimum Gasteiger partial charge on any atom is -0.475 e. The van der Waals surface area contributed by atoms with E-state index in [-0.39, 0.29) is 5.76 Å². The van der Waals surface area contributed by atoms with Gasteiger partial charge in [-0.3, -0.25) is 0 Å². The highest BCUT2D eigenvalue weighted by molar-refractivity contribution is 7.98. The molecule has 0 radical (unpaired) electrons. The van der Waals surface area contributed by atoms with Gasteiger partial charge in [-0.2, -0.15) is 0 Å². The Morgan fingerprint density at radius 1 is 1.42 bits per heavy atom. The molecule has 96 valence electrons. The van der Waals surface area contributed by atoms with E-state index in [0.29, 0.717) is 16.9 Å². The summed E-state index contributed by atoms with van der Waals surface area (Å²) in [6.45, 7) is 0. The molecule has 2 aromatic heterocycles. The molecular formula is C13H10N2O3S. The number of hydrogen-bond donors (Lipinski definition) is 2. The summed E-state index contributed by atoms with van der Waals surface area (Å²) in [5.41, 5.74) is 1.28. The van der Waals surface area contributed by atoms with E-state index in [2.05, 4.69) is 9.97 Å². The topological polar surface area (TPSA) is 79.1 Å². The van der Waals surface area contributed by atoms with Gasteiger partial charge >= 0.3 is 5.97 Å². The SMILES string of the molecule is O=C(O)c1oc2ccccc2c1CSc1ncc[nH]1. The number of aromatic nitrogens is 2. The number of benzene rings is 1. The molecule has 0 unspecified atom stereocenters. The zero-order chi connectivity index (χ0) is 13.2. The molecule has 0 bridgehead atoms. The molecule has 2 heterocycles. The van der Waals surface area contributed by atoms with Crippen molar-refractivity contribution in [3.8, 4) is 0 Å². The van der Waals surface area contributed by atoms with E-state index in [1.54, 1.807) is 18.5 Å². The van der Waals surface area contributed by atoms with Gasteiger partial charge in [0, 0.05) is 29.1 Å². The summed E-state index contributed by atoms with van der Waals surface area (Å²) in [4.78, 5) is 18.3. The molecule has 0 atom stereocenters. The van der Waals surface area contributed by atoms with Crippen molar-refractivity contribution in [1.82, 2.24) is 9.97 Å². The molecule has 0 amide bonds. The largest absolute Gasteiger partial charge is 0.475 e. The first-order valence-electron chi connectivity index (χ1n) is 5.61. The van der Waals surface area contributed by atoms with Crippen LogP contribution in [0.1, 0.15) is 16.1 Å². The molecule has 0 spiro atoms. The number of fused-ring (bicyclic) bond motifs is 1. The number of thioether (sulfide) groups is 1. The molecule has 1 aromatic carbocycles. The maximum absolute atomic E-state index is 11.2. The van der Waals surface area contributed by atoms with Crippen molar-refractivity contribution in [1.29, 1.82) is 0 Å². The quantitative estimate of drug-likeness (QED) is 0.714. The molecule has 6 heteroatoms. The van der Waals surface area contributed by atoms with Gasteiger partial charge in [-0.1, -0.05) is 30.0 Å². The predicted molar refractivity (Wildman–Crippen MR) is 71.3 cm³/mol. The fourth-order valence-electron chi connectivity index (χ4n) is 1.89.